The third-order valence-corrected chi connectivity index (χ3v) is 5.72. The molecule has 1 aliphatic heterocycles. The molecule has 0 spiro atoms. The second-order valence-corrected chi connectivity index (χ2v) is 8.01. The monoisotopic (exact) mass is 398 g/mol. The minimum atomic E-state index is 0.808. The number of aryl methyl sites for hydroxylation is 3. The summed E-state index contributed by atoms with van der Waals surface area (Å²) >= 11 is 0. The lowest BCUT2D eigenvalue weighted by atomic mass is 10.2. The van der Waals surface area contributed by atoms with E-state index < -0.39 is 0 Å². The molecule has 6 nitrogen and oxygen atoms in total. The van der Waals surface area contributed by atoms with Gasteiger partial charge in [0, 0.05) is 37.6 Å². The van der Waals surface area contributed by atoms with Gasteiger partial charge in [0.05, 0.1) is 16.7 Å². The molecule has 2 aromatic heterocycles. The van der Waals surface area contributed by atoms with Gasteiger partial charge in [-0.05, 0) is 51.1 Å². The van der Waals surface area contributed by atoms with E-state index in [1.54, 1.807) is 0 Å². The van der Waals surface area contributed by atoms with Crippen LogP contribution in [0.1, 0.15) is 17.0 Å². The molecule has 2 aromatic carbocycles. The first kappa shape index (κ1) is 18.6. The van der Waals surface area contributed by atoms with E-state index in [0.29, 0.717) is 0 Å². The number of hydrogen-bond donors (Lipinski definition) is 0. The van der Waals surface area contributed by atoms with Gasteiger partial charge in [-0.1, -0.05) is 29.8 Å². The first-order valence-corrected chi connectivity index (χ1v) is 10.5. The standard InChI is InChI=1S/C24H26N6/c1-17-8-10-20(11-9-17)28-12-14-29(15-13-28)23-24(30-19(3)16-18(2)27-30)26-22-7-5-4-6-21(22)25-23/h4-11,16H,12-15H2,1-3H3. The fraction of sp³-hybridized carbons (Fsp3) is 0.292. The summed E-state index contributed by atoms with van der Waals surface area (Å²) in [5.74, 6) is 1.71. The number of hydrogen-bond acceptors (Lipinski definition) is 5. The van der Waals surface area contributed by atoms with Gasteiger partial charge in [0.15, 0.2) is 11.6 Å². The molecule has 0 atom stereocenters. The number of para-hydroxylation sites is 2. The van der Waals surface area contributed by atoms with E-state index in [4.69, 9.17) is 15.1 Å². The highest BCUT2D eigenvalue weighted by atomic mass is 15.4. The van der Waals surface area contributed by atoms with E-state index in [0.717, 1.165) is 60.2 Å². The van der Waals surface area contributed by atoms with E-state index in [1.165, 1.54) is 11.3 Å². The van der Waals surface area contributed by atoms with Gasteiger partial charge in [0.25, 0.3) is 0 Å². The Morgan fingerprint density at radius 3 is 1.90 bits per heavy atom. The molecule has 5 rings (SSSR count). The molecule has 0 aliphatic carbocycles. The number of aromatic nitrogens is 4. The second-order valence-electron chi connectivity index (χ2n) is 8.01. The smallest absolute Gasteiger partial charge is 0.197 e. The minimum Gasteiger partial charge on any atom is -0.368 e. The summed E-state index contributed by atoms with van der Waals surface area (Å²) in [5, 5.41) is 4.69. The van der Waals surface area contributed by atoms with Crippen LogP contribution in [-0.2, 0) is 0 Å². The Hall–Kier alpha value is -3.41. The Labute approximate surface area is 176 Å². The van der Waals surface area contributed by atoms with Gasteiger partial charge < -0.3 is 9.80 Å². The lowest BCUT2D eigenvalue weighted by Gasteiger charge is -2.37. The van der Waals surface area contributed by atoms with Crippen LogP contribution in [0.4, 0.5) is 11.5 Å². The number of benzene rings is 2. The first-order valence-electron chi connectivity index (χ1n) is 10.5. The van der Waals surface area contributed by atoms with Crippen molar-refractivity contribution in [2.45, 2.75) is 20.8 Å². The molecule has 0 radical (unpaired) electrons. The molecule has 0 amide bonds. The van der Waals surface area contributed by atoms with Gasteiger partial charge in [-0.3, -0.25) is 0 Å². The molecule has 1 saturated heterocycles. The molecule has 0 bridgehead atoms. The van der Waals surface area contributed by atoms with E-state index in [9.17, 15) is 0 Å². The molecule has 6 heteroatoms. The molecule has 1 aliphatic rings. The molecular formula is C24H26N6. The maximum Gasteiger partial charge on any atom is 0.197 e. The van der Waals surface area contributed by atoms with Crippen molar-refractivity contribution in [3.05, 3.63) is 71.5 Å². The molecule has 0 unspecified atom stereocenters. The molecule has 3 heterocycles. The maximum absolute atomic E-state index is 5.02. The third kappa shape index (κ3) is 3.38. The van der Waals surface area contributed by atoms with Gasteiger partial charge in [0.2, 0.25) is 0 Å². The first-order chi connectivity index (χ1) is 14.6. The zero-order valence-electron chi connectivity index (χ0n) is 17.7. The summed E-state index contributed by atoms with van der Waals surface area (Å²) < 4.78 is 1.93. The quantitative estimate of drug-likeness (QED) is 0.521. The molecule has 152 valence electrons. The van der Waals surface area contributed by atoms with Crippen LogP contribution in [-0.4, -0.2) is 45.9 Å². The van der Waals surface area contributed by atoms with Crippen LogP contribution in [0, 0.1) is 20.8 Å². The summed E-state index contributed by atoms with van der Waals surface area (Å²) in [6, 6.07) is 18.9. The maximum atomic E-state index is 5.02. The molecule has 30 heavy (non-hydrogen) atoms. The van der Waals surface area contributed by atoms with Crippen molar-refractivity contribution in [1.82, 2.24) is 19.7 Å². The minimum absolute atomic E-state index is 0.808. The van der Waals surface area contributed by atoms with Gasteiger partial charge in [-0.2, -0.15) is 5.10 Å². The van der Waals surface area contributed by atoms with Crippen molar-refractivity contribution in [3.63, 3.8) is 0 Å². The van der Waals surface area contributed by atoms with Crippen LogP contribution in [0.15, 0.2) is 54.6 Å². The summed E-state index contributed by atoms with van der Waals surface area (Å²) in [5.41, 5.74) is 6.43. The molecule has 0 N–H and O–H groups in total. The van der Waals surface area contributed by atoms with Crippen molar-refractivity contribution in [2.24, 2.45) is 0 Å². The molecule has 1 fully saturated rings. The number of nitrogens with zero attached hydrogens (tertiary/aromatic N) is 6. The number of piperazine rings is 1. The van der Waals surface area contributed by atoms with Crippen LogP contribution in [0.5, 0.6) is 0 Å². The average molecular weight is 399 g/mol. The Morgan fingerprint density at radius 2 is 1.30 bits per heavy atom. The number of rotatable bonds is 3. The summed E-state index contributed by atoms with van der Waals surface area (Å²) in [4.78, 5) is 14.8. The fourth-order valence-corrected chi connectivity index (χ4v) is 4.11. The highest BCUT2D eigenvalue weighted by Crippen LogP contribution is 2.27. The van der Waals surface area contributed by atoms with Crippen LogP contribution in [0.25, 0.3) is 16.9 Å². The van der Waals surface area contributed by atoms with Crippen molar-refractivity contribution in [3.8, 4) is 5.82 Å². The van der Waals surface area contributed by atoms with Gasteiger partial charge in [-0.15, -0.1) is 0 Å². The van der Waals surface area contributed by atoms with Crippen LogP contribution >= 0.6 is 0 Å². The number of anilines is 2. The normalized spacial score (nSPS) is 14.5. The van der Waals surface area contributed by atoms with E-state index >= 15 is 0 Å². The van der Waals surface area contributed by atoms with Crippen molar-refractivity contribution in [2.75, 3.05) is 36.0 Å². The topological polar surface area (TPSA) is 50.1 Å². The Kier molecular flexibility index (Phi) is 4.62. The lowest BCUT2D eigenvalue weighted by Crippen LogP contribution is -2.47. The Balaban J connectivity index is 1.50. The predicted octanol–water partition coefficient (Wildman–Crippen LogP) is 4.07. The van der Waals surface area contributed by atoms with E-state index in [1.807, 2.05) is 35.9 Å². The molecule has 4 aromatic rings. The van der Waals surface area contributed by atoms with E-state index in [-0.39, 0.29) is 0 Å². The molecular weight excluding hydrogens is 372 g/mol. The van der Waals surface area contributed by atoms with Gasteiger partial charge in [-0.25, -0.2) is 14.6 Å². The van der Waals surface area contributed by atoms with Crippen LogP contribution < -0.4 is 9.80 Å². The fourth-order valence-electron chi connectivity index (χ4n) is 4.11. The van der Waals surface area contributed by atoms with Crippen molar-refractivity contribution in [1.29, 1.82) is 0 Å². The number of fused-ring (bicyclic) bond motifs is 1. The summed E-state index contributed by atoms with van der Waals surface area (Å²) in [6.45, 7) is 9.90. The van der Waals surface area contributed by atoms with Crippen LogP contribution in [0.2, 0.25) is 0 Å². The highest BCUT2D eigenvalue weighted by molar-refractivity contribution is 5.78. The molecule has 0 saturated carbocycles. The zero-order chi connectivity index (χ0) is 20.7. The van der Waals surface area contributed by atoms with Crippen LogP contribution in [0.3, 0.4) is 0 Å². The van der Waals surface area contributed by atoms with Gasteiger partial charge in [0.1, 0.15) is 0 Å². The Morgan fingerprint density at radius 1 is 0.700 bits per heavy atom. The Bertz CT molecular complexity index is 1190. The second kappa shape index (κ2) is 7.44. The summed E-state index contributed by atoms with van der Waals surface area (Å²) in [7, 11) is 0. The zero-order valence-corrected chi connectivity index (χ0v) is 17.7. The van der Waals surface area contributed by atoms with Crippen molar-refractivity contribution >= 4 is 22.5 Å². The van der Waals surface area contributed by atoms with Crippen molar-refractivity contribution < 1.29 is 0 Å². The van der Waals surface area contributed by atoms with E-state index in [2.05, 4.69) is 54.0 Å². The lowest BCUT2D eigenvalue weighted by molar-refractivity contribution is 0.642. The summed E-state index contributed by atoms with van der Waals surface area (Å²) in [6.07, 6.45) is 0. The van der Waals surface area contributed by atoms with Gasteiger partial charge >= 0.3 is 0 Å². The predicted molar refractivity (Wildman–Crippen MR) is 122 cm³/mol. The average Bonchev–Trinajstić information content (AvgIpc) is 3.11. The SMILES string of the molecule is Cc1ccc(N2CCN(c3nc4ccccc4nc3-n3nc(C)cc3C)CC2)cc1. The third-order valence-electron chi connectivity index (χ3n) is 5.72. The highest BCUT2D eigenvalue weighted by Gasteiger charge is 2.24. The largest absolute Gasteiger partial charge is 0.368 e.